The van der Waals surface area contributed by atoms with E-state index in [2.05, 4.69) is 33.4 Å². The van der Waals surface area contributed by atoms with E-state index in [1.165, 1.54) is 0 Å². The largest absolute Gasteiger partial charge is 0.377 e. The number of piperidine rings is 1. The molecule has 5 heterocycles. The highest BCUT2D eigenvalue weighted by Gasteiger charge is 2.25. The van der Waals surface area contributed by atoms with Gasteiger partial charge in [0.25, 0.3) is 5.56 Å². The van der Waals surface area contributed by atoms with Crippen molar-refractivity contribution in [3.05, 3.63) is 69.5 Å². The van der Waals surface area contributed by atoms with Gasteiger partial charge in [0, 0.05) is 48.1 Å². The number of nitrogens with zero attached hydrogens (tertiary/aromatic N) is 8. The van der Waals surface area contributed by atoms with Crippen LogP contribution < -0.4 is 10.9 Å². The van der Waals surface area contributed by atoms with Crippen LogP contribution in [0.3, 0.4) is 0 Å². The first-order chi connectivity index (χ1) is 19.2. The molecule has 204 valence electrons. The third-order valence-electron chi connectivity index (χ3n) is 7.90. The van der Waals surface area contributed by atoms with Gasteiger partial charge in [-0.05, 0) is 69.7 Å². The highest BCUT2D eigenvalue weighted by molar-refractivity contribution is 6.29. The maximum Gasteiger partial charge on any atom is 0.259 e. The Morgan fingerprint density at radius 3 is 2.58 bits per heavy atom. The minimum Gasteiger partial charge on any atom is -0.377 e. The first-order valence-electron chi connectivity index (χ1n) is 13.3. The van der Waals surface area contributed by atoms with Gasteiger partial charge in [-0.2, -0.15) is 15.5 Å². The van der Waals surface area contributed by atoms with Crippen LogP contribution in [0.25, 0.3) is 33.1 Å². The molecule has 0 saturated carbocycles. The van der Waals surface area contributed by atoms with E-state index < -0.39 is 0 Å². The molecule has 4 aromatic heterocycles. The SMILES string of the molecule is CC(Nc1ccc(Cl)nc1-c1cnn(C)c1)c1cc(C#N)cc2c(=O)n(C)c3c(cnn3C3CCN(C)CC3)c12. The van der Waals surface area contributed by atoms with Crippen LogP contribution >= 0.6 is 11.6 Å². The number of hydrogen-bond donors (Lipinski definition) is 1. The lowest BCUT2D eigenvalue weighted by atomic mass is 9.95. The Kier molecular flexibility index (Phi) is 6.56. The Balaban J connectivity index is 1.52. The smallest absolute Gasteiger partial charge is 0.259 e. The number of nitriles is 1. The number of aryl methyl sites for hydroxylation is 2. The monoisotopic (exact) mass is 555 g/mol. The van der Waals surface area contributed by atoms with Gasteiger partial charge in [0.05, 0.1) is 41.4 Å². The van der Waals surface area contributed by atoms with E-state index in [4.69, 9.17) is 16.7 Å². The van der Waals surface area contributed by atoms with Crippen LogP contribution in [0.5, 0.6) is 0 Å². The van der Waals surface area contributed by atoms with E-state index in [0.717, 1.165) is 59.2 Å². The molecule has 1 fully saturated rings. The third-order valence-corrected chi connectivity index (χ3v) is 8.11. The normalized spacial score (nSPS) is 15.5. The fourth-order valence-electron chi connectivity index (χ4n) is 5.82. The molecule has 11 heteroatoms. The summed E-state index contributed by atoms with van der Waals surface area (Å²) in [7, 11) is 5.77. The van der Waals surface area contributed by atoms with Crippen molar-refractivity contribution < 1.29 is 0 Å². The number of hydrogen-bond acceptors (Lipinski definition) is 7. The average Bonchev–Trinajstić information content (AvgIpc) is 3.59. The molecule has 1 aromatic carbocycles. The van der Waals surface area contributed by atoms with Crippen LogP contribution in [0, 0.1) is 11.3 Å². The number of fused-ring (bicyclic) bond motifs is 3. The van der Waals surface area contributed by atoms with E-state index >= 15 is 0 Å². The van der Waals surface area contributed by atoms with Gasteiger partial charge in [-0.3, -0.25) is 14.0 Å². The highest BCUT2D eigenvalue weighted by atomic mass is 35.5. The lowest BCUT2D eigenvalue weighted by Crippen LogP contribution is -2.32. The molecule has 5 aromatic rings. The first kappa shape index (κ1) is 26.0. The van der Waals surface area contributed by atoms with Crippen molar-refractivity contribution in [2.24, 2.45) is 14.1 Å². The van der Waals surface area contributed by atoms with Gasteiger partial charge in [-0.15, -0.1) is 0 Å². The molecule has 1 atom stereocenters. The molecule has 1 aliphatic rings. The molecule has 0 bridgehead atoms. The first-order valence-corrected chi connectivity index (χ1v) is 13.7. The van der Waals surface area contributed by atoms with Crippen LogP contribution in [0.2, 0.25) is 5.15 Å². The lowest BCUT2D eigenvalue weighted by Gasteiger charge is -2.29. The van der Waals surface area contributed by atoms with Crippen molar-refractivity contribution in [3.63, 3.8) is 0 Å². The summed E-state index contributed by atoms with van der Waals surface area (Å²) in [4.78, 5) is 20.6. The molecule has 0 radical (unpaired) electrons. The molecule has 10 nitrogen and oxygen atoms in total. The standard InChI is InChI=1S/C29H30ClN9O/c1-17(34-24-5-6-25(30)35-27(24)19-14-32-37(3)16-19)21-11-18(13-31)12-22-26(21)23-15-33-39(28(23)38(4)29(22)40)20-7-9-36(2)10-8-20/h5-6,11-12,14-17,20,34H,7-10H2,1-4H3. The Hall–Kier alpha value is -4.20. The lowest BCUT2D eigenvalue weighted by molar-refractivity contribution is 0.214. The van der Waals surface area contributed by atoms with Crippen molar-refractivity contribution in [2.45, 2.75) is 31.8 Å². The number of anilines is 1. The minimum atomic E-state index is -0.281. The molecule has 1 N–H and O–H groups in total. The topological polar surface area (TPSA) is 110 Å². The quantitative estimate of drug-likeness (QED) is 0.314. The van der Waals surface area contributed by atoms with Gasteiger partial charge < -0.3 is 10.2 Å². The van der Waals surface area contributed by atoms with Crippen molar-refractivity contribution in [1.29, 1.82) is 5.26 Å². The fourth-order valence-corrected chi connectivity index (χ4v) is 5.96. The van der Waals surface area contributed by atoms with Crippen LogP contribution in [-0.2, 0) is 14.1 Å². The fraction of sp³-hybridized carbons (Fsp3) is 0.345. The van der Waals surface area contributed by atoms with Gasteiger partial charge in [0.2, 0.25) is 0 Å². The molecule has 1 saturated heterocycles. The third kappa shape index (κ3) is 4.41. The average molecular weight is 556 g/mol. The van der Waals surface area contributed by atoms with Gasteiger partial charge in [-0.1, -0.05) is 11.6 Å². The number of aromatic nitrogens is 6. The van der Waals surface area contributed by atoms with E-state index in [1.54, 1.807) is 34.6 Å². The Morgan fingerprint density at radius 1 is 1.10 bits per heavy atom. The van der Waals surface area contributed by atoms with Crippen molar-refractivity contribution in [2.75, 3.05) is 25.5 Å². The molecule has 40 heavy (non-hydrogen) atoms. The van der Waals surface area contributed by atoms with Crippen LogP contribution in [0.15, 0.2) is 47.7 Å². The van der Waals surface area contributed by atoms with Crippen LogP contribution in [0.1, 0.15) is 43.0 Å². The number of halogens is 1. The summed E-state index contributed by atoms with van der Waals surface area (Å²) in [6, 6.07) is 9.34. The second kappa shape index (κ2) is 10.1. The zero-order valence-electron chi connectivity index (χ0n) is 22.9. The predicted molar refractivity (Wildman–Crippen MR) is 156 cm³/mol. The summed E-state index contributed by atoms with van der Waals surface area (Å²) in [5.74, 6) is 0. The molecule has 6 rings (SSSR count). The molecule has 0 amide bonds. The summed E-state index contributed by atoms with van der Waals surface area (Å²) in [5, 5.41) is 25.1. The van der Waals surface area contributed by atoms with E-state index in [1.807, 2.05) is 43.2 Å². The molecular weight excluding hydrogens is 526 g/mol. The molecule has 1 unspecified atom stereocenters. The van der Waals surface area contributed by atoms with E-state index in [0.29, 0.717) is 21.8 Å². The molecule has 0 spiro atoms. The molecule has 0 aliphatic carbocycles. The van der Waals surface area contributed by atoms with Gasteiger partial charge in [-0.25, -0.2) is 9.67 Å². The Bertz CT molecular complexity index is 1850. The Labute approximate surface area is 236 Å². The number of pyridine rings is 2. The minimum absolute atomic E-state index is 0.146. The Morgan fingerprint density at radius 2 is 1.88 bits per heavy atom. The summed E-state index contributed by atoms with van der Waals surface area (Å²) in [6.07, 6.45) is 7.43. The van der Waals surface area contributed by atoms with Gasteiger partial charge in [0.1, 0.15) is 10.8 Å². The summed E-state index contributed by atoms with van der Waals surface area (Å²) >= 11 is 6.27. The highest BCUT2D eigenvalue weighted by Crippen LogP contribution is 2.36. The van der Waals surface area contributed by atoms with Gasteiger partial charge >= 0.3 is 0 Å². The molecular formula is C29H30ClN9O. The second-order valence-electron chi connectivity index (χ2n) is 10.6. The predicted octanol–water partition coefficient (Wildman–Crippen LogP) is 4.65. The number of benzene rings is 1. The van der Waals surface area contributed by atoms with Crippen LogP contribution in [0.4, 0.5) is 5.69 Å². The van der Waals surface area contributed by atoms with Crippen molar-refractivity contribution in [1.82, 2.24) is 34.0 Å². The second-order valence-corrected chi connectivity index (χ2v) is 11.0. The number of likely N-dealkylation sites (tertiary alicyclic amines) is 1. The van der Waals surface area contributed by atoms with E-state index in [-0.39, 0.29) is 17.6 Å². The van der Waals surface area contributed by atoms with Crippen molar-refractivity contribution in [3.8, 4) is 17.3 Å². The van der Waals surface area contributed by atoms with Crippen molar-refractivity contribution >= 4 is 39.1 Å². The van der Waals surface area contributed by atoms with Gasteiger partial charge in [0.15, 0.2) is 0 Å². The summed E-state index contributed by atoms with van der Waals surface area (Å²) in [5.41, 5.74) is 4.18. The zero-order valence-corrected chi connectivity index (χ0v) is 23.6. The zero-order chi connectivity index (χ0) is 28.1. The number of nitrogens with one attached hydrogen (secondary N) is 1. The van der Waals surface area contributed by atoms with Crippen LogP contribution in [-0.4, -0.2) is 54.1 Å². The summed E-state index contributed by atoms with van der Waals surface area (Å²) in [6.45, 7) is 3.99. The summed E-state index contributed by atoms with van der Waals surface area (Å²) < 4.78 is 5.41. The maximum absolute atomic E-state index is 13.8. The van der Waals surface area contributed by atoms with E-state index in [9.17, 15) is 10.1 Å². The number of rotatable bonds is 5. The maximum atomic E-state index is 13.8. The molecule has 1 aliphatic heterocycles.